The van der Waals surface area contributed by atoms with Gasteiger partial charge >= 0.3 is 6.18 Å². The molecule has 0 fully saturated rings. The molecule has 2 unspecified atom stereocenters. The first-order chi connectivity index (χ1) is 9.65. The third kappa shape index (κ3) is 4.93. The van der Waals surface area contributed by atoms with Crippen LogP contribution in [0.3, 0.4) is 0 Å². The molecule has 0 bridgehead atoms. The number of primary amides is 1. The summed E-state index contributed by atoms with van der Waals surface area (Å²) in [5.41, 5.74) is 10.2. The molecule has 4 N–H and O–H groups in total. The third-order valence-corrected chi connectivity index (χ3v) is 2.86. The Morgan fingerprint density at radius 1 is 1.38 bits per heavy atom. The van der Waals surface area contributed by atoms with Gasteiger partial charge in [-0.05, 0) is 37.5 Å². The molecule has 0 aliphatic carbocycles. The van der Waals surface area contributed by atoms with Crippen LogP contribution in [0, 0.1) is 0 Å². The number of halogens is 3. The van der Waals surface area contributed by atoms with Crippen LogP contribution in [-0.2, 0) is 17.4 Å². The molecule has 0 aliphatic rings. The van der Waals surface area contributed by atoms with Gasteiger partial charge in [0.1, 0.15) is 5.75 Å². The van der Waals surface area contributed by atoms with Gasteiger partial charge in [0.15, 0.2) is 6.10 Å². The van der Waals surface area contributed by atoms with E-state index in [-0.39, 0.29) is 12.5 Å². The number of ether oxygens (including phenoxy) is 1. The molecule has 1 aromatic carbocycles. The lowest BCUT2D eigenvalue weighted by Crippen LogP contribution is -2.33. The highest BCUT2D eigenvalue weighted by molar-refractivity contribution is 5.79. The van der Waals surface area contributed by atoms with Gasteiger partial charge in [0.2, 0.25) is 0 Å². The lowest BCUT2D eigenvalue weighted by molar-refractivity contribution is -0.140. The van der Waals surface area contributed by atoms with Crippen molar-refractivity contribution in [1.29, 1.82) is 0 Å². The smallest absolute Gasteiger partial charge is 0.419 e. The first-order valence-electron chi connectivity index (χ1n) is 6.56. The van der Waals surface area contributed by atoms with Crippen molar-refractivity contribution in [2.75, 3.05) is 0 Å². The second kappa shape index (κ2) is 6.80. The third-order valence-electron chi connectivity index (χ3n) is 2.86. The fourth-order valence-electron chi connectivity index (χ4n) is 1.90. The second-order valence-corrected chi connectivity index (χ2v) is 4.93. The van der Waals surface area contributed by atoms with Crippen LogP contribution in [0.15, 0.2) is 18.2 Å². The number of amides is 1. The summed E-state index contributed by atoms with van der Waals surface area (Å²) >= 11 is 0. The summed E-state index contributed by atoms with van der Waals surface area (Å²) in [6, 6.07) is 3.44. The molecule has 0 aromatic heterocycles. The number of hydrogen-bond acceptors (Lipinski definition) is 3. The summed E-state index contributed by atoms with van der Waals surface area (Å²) in [6.07, 6.45) is -5.17. The Kier molecular flexibility index (Phi) is 5.60. The van der Waals surface area contributed by atoms with Crippen molar-refractivity contribution in [3.63, 3.8) is 0 Å². The van der Waals surface area contributed by atoms with Crippen LogP contribution in [0.4, 0.5) is 13.2 Å². The molecule has 4 nitrogen and oxygen atoms in total. The molecule has 21 heavy (non-hydrogen) atoms. The Bertz CT molecular complexity index is 501. The van der Waals surface area contributed by atoms with E-state index in [2.05, 4.69) is 0 Å². The Morgan fingerprint density at radius 2 is 2.00 bits per heavy atom. The van der Waals surface area contributed by atoms with Gasteiger partial charge in [-0.25, -0.2) is 0 Å². The Labute approximate surface area is 121 Å². The normalized spacial score (nSPS) is 14.6. The van der Waals surface area contributed by atoms with E-state index in [1.54, 1.807) is 13.8 Å². The van der Waals surface area contributed by atoms with Gasteiger partial charge in [-0.1, -0.05) is 13.0 Å². The van der Waals surface area contributed by atoms with E-state index in [0.717, 1.165) is 6.07 Å². The number of alkyl halides is 3. The number of nitrogens with two attached hydrogens (primary N) is 2. The molecule has 0 radical (unpaired) electrons. The summed E-state index contributed by atoms with van der Waals surface area (Å²) in [6.45, 7) is 3.31. The molecule has 0 saturated carbocycles. The lowest BCUT2D eigenvalue weighted by Gasteiger charge is -2.19. The largest absolute Gasteiger partial charge is 0.480 e. The van der Waals surface area contributed by atoms with E-state index in [0.29, 0.717) is 12.0 Å². The van der Waals surface area contributed by atoms with Crippen LogP contribution in [0.5, 0.6) is 5.75 Å². The van der Waals surface area contributed by atoms with Crippen molar-refractivity contribution >= 4 is 5.91 Å². The molecule has 0 saturated heterocycles. The number of carbonyl (C=O) groups excluding carboxylic acids is 1. The highest BCUT2D eigenvalue weighted by Crippen LogP contribution is 2.37. The zero-order chi connectivity index (χ0) is 16.2. The van der Waals surface area contributed by atoms with Crippen molar-refractivity contribution in [2.24, 2.45) is 11.5 Å². The summed E-state index contributed by atoms with van der Waals surface area (Å²) in [5.74, 6) is -1.20. The highest BCUT2D eigenvalue weighted by atomic mass is 19.4. The zero-order valence-corrected chi connectivity index (χ0v) is 11.9. The molecule has 1 aromatic rings. The minimum Gasteiger partial charge on any atom is -0.480 e. The predicted octanol–water partition coefficient (Wildman–Crippen LogP) is 2.24. The van der Waals surface area contributed by atoms with Crippen LogP contribution in [-0.4, -0.2) is 18.1 Å². The van der Waals surface area contributed by atoms with Gasteiger partial charge in [0.25, 0.3) is 5.91 Å². The van der Waals surface area contributed by atoms with Crippen molar-refractivity contribution in [3.05, 3.63) is 29.3 Å². The van der Waals surface area contributed by atoms with Crippen molar-refractivity contribution < 1.29 is 22.7 Å². The molecule has 0 heterocycles. The van der Waals surface area contributed by atoms with Crippen LogP contribution in [0.2, 0.25) is 0 Å². The van der Waals surface area contributed by atoms with Gasteiger partial charge in [-0.3, -0.25) is 4.79 Å². The molecule has 7 heteroatoms. The van der Waals surface area contributed by atoms with E-state index in [9.17, 15) is 18.0 Å². The van der Waals surface area contributed by atoms with E-state index < -0.39 is 29.5 Å². The van der Waals surface area contributed by atoms with Crippen molar-refractivity contribution in [1.82, 2.24) is 0 Å². The summed E-state index contributed by atoms with van der Waals surface area (Å²) < 4.78 is 44.4. The Morgan fingerprint density at radius 3 is 2.43 bits per heavy atom. The fraction of sp³-hybridized carbons (Fsp3) is 0.500. The second-order valence-electron chi connectivity index (χ2n) is 4.93. The fourth-order valence-corrected chi connectivity index (χ4v) is 1.90. The van der Waals surface area contributed by atoms with Crippen LogP contribution < -0.4 is 16.2 Å². The molecule has 0 spiro atoms. The van der Waals surface area contributed by atoms with E-state index in [1.807, 2.05) is 0 Å². The summed E-state index contributed by atoms with van der Waals surface area (Å²) in [4.78, 5) is 11.1. The Hall–Kier alpha value is -1.76. The maximum Gasteiger partial charge on any atom is 0.419 e. The van der Waals surface area contributed by atoms with Gasteiger partial charge in [0, 0.05) is 6.04 Å². The quantitative estimate of drug-likeness (QED) is 0.846. The topological polar surface area (TPSA) is 78.3 Å². The van der Waals surface area contributed by atoms with Gasteiger partial charge < -0.3 is 16.2 Å². The molecule has 1 rings (SSSR count). The molecule has 2 atom stereocenters. The zero-order valence-electron chi connectivity index (χ0n) is 11.9. The molecule has 0 aliphatic heterocycles. The lowest BCUT2D eigenvalue weighted by atomic mass is 10.0. The minimum absolute atomic E-state index is 0.189. The van der Waals surface area contributed by atoms with Gasteiger partial charge in [-0.2, -0.15) is 13.2 Å². The molecule has 118 valence electrons. The predicted molar refractivity (Wildman–Crippen MR) is 72.7 cm³/mol. The average molecular weight is 304 g/mol. The Balaban J connectivity index is 3.16. The maximum atomic E-state index is 13.1. The number of benzene rings is 1. The SMILES string of the molecule is CCC(Oc1ccc(CC(C)N)cc1C(F)(F)F)C(N)=O. The molecular formula is C14H19F3N2O2. The number of rotatable bonds is 6. The summed E-state index contributed by atoms with van der Waals surface area (Å²) in [7, 11) is 0. The van der Waals surface area contributed by atoms with Crippen molar-refractivity contribution in [2.45, 2.75) is 45.0 Å². The first-order valence-corrected chi connectivity index (χ1v) is 6.56. The van der Waals surface area contributed by atoms with Crippen LogP contribution >= 0.6 is 0 Å². The molecular weight excluding hydrogens is 285 g/mol. The van der Waals surface area contributed by atoms with Gasteiger partial charge in [0.05, 0.1) is 5.56 Å². The van der Waals surface area contributed by atoms with Crippen LogP contribution in [0.25, 0.3) is 0 Å². The summed E-state index contributed by atoms with van der Waals surface area (Å²) in [5, 5.41) is 0. The average Bonchev–Trinajstić information content (AvgIpc) is 2.34. The number of hydrogen-bond donors (Lipinski definition) is 2. The minimum atomic E-state index is -4.58. The van der Waals surface area contributed by atoms with E-state index in [4.69, 9.17) is 16.2 Å². The highest BCUT2D eigenvalue weighted by Gasteiger charge is 2.35. The monoisotopic (exact) mass is 304 g/mol. The molecule has 1 amide bonds. The van der Waals surface area contributed by atoms with E-state index in [1.165, 1.54) is 12.1 Å². The standard InChI is InChI=1S/C14H19F3N2O2/c1-3-11(13(19)20)21-12-5-4-9(6-8(2)18)7-10(12)14(15,16)17/h4-5,7-8,11H,3,6,18H2,1-2H3,(H2,19,20). The van der Waals surface area contributed by atoms with Gasteiger partial charge in [-0.15, -0.1) is 0 Å². The van der Waals surface area contributed by atoms with Crippen molar-refractivity contribution in [3.8, 4) is 5.75 Å². The first kappa shape index (κ1) is 17.3. The van der Waals surface area contributed by atoms with Crippen LogP contribution in [0.1, 0.15) is 31.4 Å². The van der Waals surface area contributed by atoms with E-state index >= 15 is 0 Å². The maximum absolute atomic E-state index is 13.1. The number of carbonyl (C=O) groups is 1.